The number of benzene rings is 3. The van der Waals surface area contributed by atoms with Crippen molar-refractivity contribution in [3.63, 3.8) is 0 Å². The van der Waals surface area contributed by atoms with Crippen LogP contribution in [0.4, 0.5) is 0 Å². The minimum absolute atomic E-state index is 0.115. The third-order valence-electron chi connectivity index (χ3n) is 10.6. The summed E-state index contributed by atoms with van der Waals surface area (Å²) in [6, 6.07) is 31.9. The molecule has 52 heavy (non-hydrogen) atoms. The van der Waals surface area contributed by atoms with Crippen molar-refractivity contribution in [2.24, 2.45) is 27.7 Å². The largest absolute Gasteiger partial charge is 0.469 e. The number of nitrogens with zero attached hydrogens (tertiary/aromatic N) is 3. The highest BCUT2D eigenvalue weighted by atomic mass is 16.7. The van der Waals surface area contributed by atoms with Crippen molar-refractivity contribution < 1.29 is 28.2 Å². The topological polar surface area (TPSA) is 103 Å². The molecular formula is C43H45N3O6. The molecule has 1 aromatic heterocycles. The van der Waals surface area contributed by atoms with Gasteiger partial charge in [-0.05, 0) is 40.7 Å². The van der Waals surface area contributed by atoms with E-state index in [0.29, 0.717) is 43.4 Å². The number of amides is 1. The number of ether oxygens (including phenoxy) is 3. The molecule has 4 heterocycles. The number of hydrogen-bond acceptors (Lipinski definition) is 8. The van der Waals surface area contributed by atoms with Crippen LogP contribution in [0, 0.1) is 17.8 Å². The first-order valence-electron chi connectivity index (χ1n) is 18.0. The molecule has 0 radical (unpaired) electrons. The first-order chi connectivity index (χ1) is 25.2. The van der Waals surface area contributed by atoms with Crippen molar-refractivity contribution in [3.05, 3.63) is 138 Å². The smallest absolute Gasteiger partial charge is 0.302 e. The predicted molar refractivity (Wildman–Crippen MR) is 199 cm³/mol. The molecule has 268 valence electrons. The lowest BCUT2D eigenvalue weighted by Crippen LogP contribution is -2.47. The highest BCUT2D eigenvalue weighted by Crippen LogP contribution is 2.37. The minimum Gasteiger partial charge on any atom is -0.469 e. The van der Waals surface area contributed by atoms with Crippen molar-refractivity contribution in [1.82, 2.24) is 4.90 Å². The number of hydrogen-bond donors (Lipinski definition) is 0. The molecule has 9 heteroatoms. The van der Waals surface area contributed by atoms with Crippen LogP contribution in [0.25, 0.3) is 5.70 Å². The van der Waals surface area contributed by atoms with Gasteiger partial charge in [0.25, 0.3) is 5.91 Å². The van der Waals surface area contributed by atoms with Crippen molar-refractivity contribution in [2.45, 2.75) is 71.5 Å². The first kappa shape index (κ1) is 35.3. The van der Waals surface area contributed by atoms with Crippen LogP contribution in [0.1, 0.15) is 55.7 Å². The Balaban J connectivity index is 1.13. The van der Waals surface area contributed by atoms with Crippen LogP contribution in [-0.2, 0) is 49.7 Å². The van der Waals surface area contributed by atoms with E-state index in [1.54, 1.807) is 11.2 Å². The minimum atomic E-state index is -1.14. The Morgan fingerprint density at radius 2 is 1.54 bits per heavy atom. The number of carbonyl (C=O) groups is 2. The van der Waals surface area contributed by atoms with Crippen LogP contribution in [0.15, 0.2) is 124 Å². The lowest BCUT2D eigenvalue weighted by Gasteiger charge is -2.43. The lowest BCUT2D eigenvalue weighted by molar-refractivity contribution is -0.259. The van der Waals surface area contributed by atoms with Gasteiger partial charge in [0.05, 0.1) is 30.4 Å². The van der Waals surface area contributed by atoms with Gasteiger partial charge in [0.1, 0.15) is 12.4 Å². The maximum Gasteiger partial charge on any atom is 0.302 e. The number of aliphatic imine (C=N–C) groups is 2. The first-order valence-corrected chi connectivity index (χ1v) is 18.0. The molecule has 6 atom stereocenters. The maximum atomic E-state index is 14.7. The van der Waals surface area contributed by atoms with Crippen molar-refractivity contribution in [1.29, 1.82) is 0 Å². The van der Waals surface area contributed by atoms with Crippen molar-refractivity contribution in [3.8, 4) is 0 Å². The van der Waals surface area contributed by atoms with Gasteiger partial charge in [-0.25, -0.2) is 9.98 Å². The van der Waals surface area contributed by atoms with E-state index in [9.17, 15) is 9.59 Å². The van der Waals surface area contributed by atoms with Crippen LogP contribution in [-0.4, -0.2) is 52.9 Å². The van der Waals surface area contributed by atoms with Gasteiger partial charge in [0, 0.05) is 43.9 Å². The second-order valence-corrected chi connectivity index (χ2v) is 14.2. The van der Waals surface area contributed by atoms with Crippen LogP contribution >= 0.6 is 0 Å². The summed E-state index contributed by atoms with van der Waals surface area (Å²) < 4.78 is 23.7. The van der Waals surface area contributed by atoms with Crippen LogP contribution in [0.3, 0.4) is 0 Å². The summed E-state index contributed by atoms with van der Waals surface area (Å²) in [5.41, 5.74) is 4.29. The van der Waals surface area contributed by atoms with E-state index in [4.69, 9.17) is 28.6 Å². The molecule has 0 aliphatic carbocycles. The Labute approximate surface area is 305 Å². The zero-order valence-electron chi connectivity index (χ0n) is 30.1. The molecule has 3 aliphatic heterocycles. The quantitative estimate of drug-likeness (QED) is 0.142. The van der Waals surface area contributed by atoms with Gasteiger partial charge in [-0.2, -0.15) is 0 Å². The Bertz CT molecular complexity index is 1950. The molecule has 3 aliphatic rings. The number of amidine groups is 1. The highest BCUT2D eigenvalue weighted by molar-refractivity contribution is 6.47. The molecular weight excluding hydrogens is 654 g/mol. The average molecular weight is 700 g/mol. The third kappa shape index (κ3) is 7.56. The van der Waals surface area contributed by atoms with Crippen LogP contribution < -0.4 is 0 Å². The average Bonchev–Trinajstić information content (AvgIpc) is 3.77. The molecule has 4 aromatic rings. The van der Waals surface area contributed by atoms with Gasteiger partial charge < -0.3 is 18.6 Å². The monoisotopic (exact) mass is 699 g/mol. The molecule has 1 amide bonds. The van der Waals surface area contributed by atoms with E-state index in [2.05, 4.69) is 32.9 Å². The van der Waals surface area contributed by atoms with Gasteiger partial charge >= 0.3 is 5.97 Å². The standard InChI is InChI=1S/C43H45N3O6/c1-28-29(2)39(27-50-31(4)47)52-41(30(28)3)51-26-34-19-17-33(18-20-34)23-43(24-36-16-11-21-49-36)42(48)46-25-38(35-14-9-6-10-15-35)44-37(40(46)45-43)22-32-12-7-5-8-13-32/h5-21,25,28-30,39,41H,22-24,26-27H2,1-4H3. The number of carbonyl (C=O) groups excluding carboxylic acids is 2. The Morgan fingerprint density at radius 3 is 2.23 bits per heavy atom. The van der Waals surface area contributed by atoms with Crippen molar-refractivity contribution in [2.75, 3.05) is 6.61 Å². The second kappa shape index (κ2) is 15.2. The third-order valence-corrected chi connectivity index (χ3v) is 10.6. The molecule has 0 saturated carbocycles. The molecule has 6 unspecified atom stereocenters. The summed E-state index contributed by atoms with van der Waals surface area (Å²) in [5.74, 6) is 1.55. The van der Waals surface area contributed by atoms with Gasteiger partial charge in [0.2, 0.25) is 0 Å². The SMILES string of the molecule is CC(=O)OCC1OC(OCc2ccc(CC3(Cc4ccco4)N=C4C(Cc5ccccc5)=NC(c5ccccc5)=CN4C3=O)cc2)C(C)C(C)C1C. The lowest BCUT2D eigenvalue weighted by atomic mass is 9.79. The summed E-state index contributed by atoms with van der Waals surface area (Å²) >= 11 is 0. The zero-order valence-corrected chi connectivity index (χ0v) is 30.1. The molecule has 0 N–H and O–H groups in total. The molecule has 9 nitrogen and oxygen atoms in total. The fourth-order valence-corrected chi connectivity index (χ4v) is 7.28. The van der Waals surface area contributed by atoms with Crippen LogP contribution in [0.2, 0.25) is 0 Å². The fraction of sp³-hybridized carbons (Fsp3) is 0.349. The van der Waals surface area contributed by atoms with E-state index in [1.807, 2.05) is 91.1 Å². The van der Waals surface area contributed by atoms with E-state index in [0.717, 1.165) is 33.7 Å². The van der Waals surface area contributed by atoms with Crippen molar-refractivity contribution >= 4 is 29.1 Å². The molecule has 0 spiro atoms. The zero-order chi connectivity index (χ0) is 36.2. The number of esters is 1. The normalized spacial score (nSPS) is 25.6. The van der Waals surface area contributed by atoms with Gasteiger partial charge in [-0.1, -0.05) is 106 Å². The molecule has 1 saturated heterocycles. The Hall–Kier alpha value is -5.12. The van der Waals surface area contributed by atoms with E-state index < -0.39 is 11.8 Å². The van der Waals surface area contributed by atoms with Crippen LogP contribution in [0.5, 0.6) is 0 Å². The second-order valence-electron chi connectivity index (χ2n) is 14.2. The summed E-state index contributed by atoms with van der Waals surface area (Å²) in [5, 5.41) is 0. The van der Waals surface area contributed by atoms with Gasteiger partial charge in [-0.15, -0.1) is 0 Å². The summed E-state index contributed by atoms with van der Waals surface area (Å²) in [6.45, 7) is 8.44. The molecule has 3 aromatic carbocycles. The Morgan fingerprint density at radius 1 is 0.827 bits per heavy atom. The number of fused-ring (bicyclic) bond motifs is 1. The highest BCUT2D eigenvalue weighted by Gasteiger charge is 2.50. The van der Waals surface area contributed by atoms with Gasteiger partial charge in [-0.3, -0.25) is 14.5 Å². The molecule has 1 fully saturated rings. The fourth-order valence-electron chi connectivity index (χ4n) is 7.28. The van der Waals surface area contributed by atoms with E-state index in [-0.39, 0.29) is 36.4 Å². The maximum absolute atomic E-state index is 14.7. The molecule has 0 bridgehead atoms. The Kier molecular flexibility index (Phi) is 10.3. The molecule has 7 rings (SSSR count). The van der Waals surface area contributed by atoms with Gasteiger partial charge in [0.15, 0.2) is 17.7 Å². The summed E-state index contributed by atoms with van der Waals surface area (Å²) in [7, 11) is 0. The summed E-state index contributed by atoms with van der Waals surface area (Å²) in [4.78, 5) is 38.2. The number of furan rings is 1. The number of rotatable bonds is 12. The van der Waals surface area contributed by atoms with E-state index >= 15 is 0 Å². The van der Waals surface area contributed by atoms with E-state index in [1.165, 1.54) is 6.92 Å². The summed E-state index contributed by atoms with van der Waals surface area (Å²) in [6.07, 6.45) is 4.01. The predicted octanol–water partition coefficient (Wildman–Crippen LogP) is 7.45.